The van der Waals surface area contributed by atoms with Gasteiger partial charge in [-0.3, -0.25) is 19.8 Å². The molecule has 1 aromatic heterocycles. The second kappa shape index (κ2) is 12.5. The molecule has 3 aromatic carbocycles. The first-order chi connectivity index (χ1) is 22.4. The molecule has 10 nitrogen and oxygen atoms in total. The van der Waals surface area contributed by atoms with E-state index in [2.05, 4.69) is 0 Å². The molecule has 2 aliphatic rings. The Kier molecular flexibility index (Phi) is 8.62. The number of rotatable bonds is 11. The van der Waals surface area contributed by atoms with Crippen LogP contribution in [0.2, 0.25) is 0 Å². The number of carboxylic acids is 1. The van der Waals surface area contributed by atoms with E-state index >= 15 is 13.2 Å². The highest BCUT2D eigenvalue weighted by atomic mass is 19.4. The molecule has 2 N–H and O–H groups in total. The number of carboxylic acid groups (broad SMARTS) is 1. The van der Waals surface area contributed by atoms with Crippen LogP contribution in [-0.2, 0) is 23.4 Å². The van der Waals surface area contributed by atoms with Gasteiger partial charge in [0.25, 0.3) is 5.69 Å². The molecule has 4 atom stereocenters. The number of aromatic nitrogens is 1. The fraction of sp³-hybridized carbons (Fsp3) is 0.382. The minimum atomic E-state index is -5.06. The molecule has 4 aromatic rings. The van der Waals surface area contributed by atoms with E-state index in [1.165, 1.54) is 30.0 Å². The third-order valence-corrected chi connectivity index (χ3v) is 9.32. The van der Waals surface area contributed by atoms with E-state index in [-0.39, 0.29) is 53.3 Å². The Morgan fingerprint density at radius 1 is 1.00 bits per heavy atom. The highest BCUT2D eigenvalue weighted by Crippen LogP contribution is 2.47. The number of alkyl halides is 3. The van der Waals surface area contributed by atoms with Crippen molar-refractivity contribution in [3.63, 3.8) is 0 Å². The summed E-state index contributed by atoms with van der Waals surface area (Å²) < 4.78 is 58.4. The Balaban J connectivity index is 1.29. The predicted molar refractivity (Wildman–Crippen MR) is 166 cm³/mol. The molecule has 3 heterocycles. The molecular weight excluding hydrogens is 619 g/mol. The molecule has 2 bridgehead atoms. The van der Waals surface area contributed by atoms with Crippen molar-refractivity contribution in [3.05, 3.63) is 99.7 Å². The maximum Gasteiger partial charge on any atom is 0.422 e. The topological polar surface area (TPSA) is 127 Å². The first-order valence-corrected chi connectivity index (χ1v) is 15.3. The van der Waals surface area contributed by atoms with E-state index in [9.17, 15) is 20.0 Å². The summed E-state index contributed by atoms with van der Waals surface area (Å²) in [5, 5.41) is 32.5. The van der Waals surface area contributed by atoms with Crippen molar-refractivity contribution in [1.29, 1.82) is 0 Å². The van der Waals surface area contributed by atoms with E-state index in [4.69, 9.17) is 14.6 Å². The number of aliphatic carboxylic acids is 1. The van der Waals surface area contributed by atoms with E-state index in [1.54, 1.807) is 35.2 Å². The van der Waals surface area contributed by atoms with Crippen molar-refractivity contribution < 1.29 is 42.6 Å². The summed E-state index contributed by atoms with van der Waals surface area (Å²) in [7, 11) is 1.45. The standard InChI is InChI=1S/C34H34F3N3O7/c1-46-31-13-22(14-32(41)42)7-12-30(31)47-26-15-23-8-9-24(16-26)39(23)20-33(43,34(35,36)37)28-19-38(18-21-5-3-2-4-6-21)29-17-25(40(44)45)10-11-27(28)29/h2-7,10-13,17,19,23-24,26,43H,8-9,14-16,18,20H2,1H3,(H,41,42)/t23-,24+,26-,33?. The van der Waals surface area contributed by atoms with E-state index < -0.39 is 29.2 Å². The van der Waals surface area contributed by atoms with Crippen molar-refractivity contribution >= 4 is 22.6 Å². The van der Waals surface area contributed by atoms with Crippen LogP contribution in [0.25, 0.3) is 10.9 Å². The number of methoxy groups -OCH3 is 1. The SMILES string of the molecule is COc1cc(CC(=O)O)ccc1O[C@@H]1C[C@H]2CC[C@@H](C1)N2CC(O)(c1cn(Cc2ccccc2)c2cc([N+](=O)[O-])ccc12)C(F)(F)F. The minimum absolute atomic E-state index is 0.0929. The lowest BCUT2D eigenvalue weighted by Crippen LogP contribution is -2.56. The monoisotopic (exact) mass is 653 g/mol. The molecule has 1 unspecified atom stereocenters. The summed E-state index contributed by atoms with van der Waals surface area (Å²) in [4.78, 5) is 23.8. The maximum atomic E-state index is 15.1. The van der Waals surface area contributed by atoms with Crippen molar-refractivity contribution in [2.24, 2.45) is 0 Å². The van der Waals surface area contributed by atoms with Crippen molar-refractivity contribution in [1.82, 2.24) is 9.47 Å². The van der Waals surface area contributed by atoms with Gasteiger partial charge in [-0.05, 0) is 55.0 Å². The number of nitro benzene ring substituents is 1. The number of fused-ring (bicyclic) bond motifs is 3. The van der Waals surface area contributed by atoms with Gasteiger partial charge >= 0.3 is 12.1 Å². The smallest absolute Gasteiger partial charge is 0.422 e. The second-order valence-electron chi connectivity index (χ2n) is 12.3. The molecule has 248 valence electrons. The molecule has 0 amide bonds. The fourth-order valence-electron chi connectivity index (χ4n) is 7.08. The zero-order chi connectivity index (χ0) is 33.5. The molecule has 0 saturated carbocycles. The first kappa shape index (κ1) is 32.3. The van der Waals surface area contributed by atoms with Crippen LogP contribution < -0.4 is 9.47 Å². The first-order valence-electron chi connectivity index (χ1n) is 15.3. The maximum absolute atomic E-state index is 15.1. The lowest BCUT2D eigenvalue weighted by Gasteiger charge is -2.43. The Morgan fingerprint density at radius 2 is 1.70 bits per heavy atom. The van der Waals surface area contributed by atoms with Gasteiger partial charge in [0.2, 0.25) is 5.60 Å². The molecule has 2 aliphatic heterocycles. The van der Waals surface area contributed by atoms with Crippen LogP contribution in [-0.4, -0.2) is 68.6 Å². The van der Waals surface area contributed by atoms with E-state index in [0.717, 1.165) is 11.6 Å². The van der Waals surface area contributed by atoms with Crippen molar-refractivity contribution in [3.8, 4) is 11.5 Å². The Bertz CT molecular complexity index is 1780. The molecule has 13 heteroatoms. The number of nitro groups is 1. The van der Waals surface area contributed by atoms with Gasteiger partial charge < -0.3 is 24.3 Å². The number of nitrogens with zero attached hydrogens (tertiary/aromatic N) is 3. The number of piperidine rings is 1. The summed E-state index contributed by atoms with van der Waals surface area (Å²) in [6, 6.07) is 17.0. The van der Waals surface area contributed by atoms with Crippen LogP contribution >= 0.6 is 0 Å². The fourth-order valence-corrected chi connectivity index (χ4v) is 7.08. The molecule has 2 saturated heterocycles. The Hall–Kier alpha value is -4.62. The minimum Gasteiger partial charge on any atom is -0.493 e. The third-order valence-electron chi connectivity index (χ3n) is 9.32. The van der Waals surface area contributed by atoms with Gasteiger partial charge in [0, 0.05) is 54.5 Å². The van der Waals surface area contributed by atoms with Gasteiger partial charge in [-0.1, -0.05) is 36.4 Å². The van der Waals surface area contributed by atoms with Crippen LogP contribution in [0, 0.1) is 10.1 Å². The van der Waals surface area contributed by atoms with Crippen LogP contribution in [0.3, 0.4) is 0 Å². The van der Waals surface area contributed by atoms with Crippen molar-refractivity contribution in [2.45, 2.75) is 68.6 Å². The molecule has 0 aliphatic carbocycles. The zero-order valence-corrected chi connectivity index (χ0v) is 25.5. The number of benzene rings is 3. The summed E-state index contributed by atoms with van der Waals surface area (Å²) in [5.74, 6) is -0.186. The predicted octanol–water partition coefficient (Wildman–Crippen LogP) is 6.06. The van der Waals surface area contributed by atoms with E-state index in [1.807, 2.05) is 18.2 Å². The molecule has 6 rings (SSSR count). The van der Waals surface area contributed by atoms with Gasteiger partial charge in [-0.15, -0.1) is 0 Å². The molecule has 0 radical (unpaired) electrons. The average Bonchev–Trinajstić information content (AvgIpc) is 3.49. The second-order valence-corrected chi connectivity index (χ2v) is 12.3. The van der Waals surface area contributed by atoms with Gasteiger partial charge in [-0.2, -0.15) is 13.2 Å². The van der Waals surface area contributed by atoms with Crippen LogP contribution in [0.1, 0.15) is 42.4 Å². The lowest BCUT2D eigenvalue weighted by molar-refractivity contribution is -0.384. The largest absolute Gasteiger partial charge is 0.493 e. The molecule has 2 fully saturated rings. The van der Waals surface area contributed by atoms with Crippen LogP contribution in [0.15, 0.2) is 72.9 Å². The summed E-state index contributed by atoms with van der Waals surface area (Å²) >= 11 is 0. The van der Waals surface area contributed by atoms with Crippen LogP contribution in [0.5, 0.6) is 11.5 Å². The Labute approximate surface area is 268 Å². The highest BCUT2D eigenvalue weighted by Gasteiger charge is 2.59. The summed E-state index contributed by atoms with van der Waals surface area (Å²) in [6.45, 7) is -0.547. The number of non-ortho nitro benzene ring substituents is 1. The third kappa shape index (κ3) is 6.37. The average molecular weight is 654 g/mol. The molecule has 0 spiro atoms. The Morgan fingerprint density at radius 3 is 2.32 bits per heavy atom. The summed E-state index contributed by atoms with van der Waals surface area (Å²) in [6.07, 6.45) is -2.17. The number of carbonyl (C=O) groups is 1. The van der Waals surface area contributed by atoms with Crippen LogP contribution in [0.4, 0.5) is 18.9 Å². The van der Waals surface area contributed by atoms with Gasteiger partial charge in [-0.25, -0.2) is 0 Å². The number of hydrogen-bond acceptors (Lipinski definition) is 7. The van der Waals surface area contributed by atoms with Gasteiger partial charge in [0.15, 0.2) is 11.5 Å². The van der Waals surface area contributed by atoms with E-state index in [0.29, 0.717) is 42.7 Å². The van der Waals surface area contributed by atoms with Crippen molar-refractivity contribution in [2.75, 3.05) is 13.7 Å². The number of hydrogen-bond donors (Lipinski definition) is 2. The number of aliphatic hydroxyl groups is 1. The number of ether oxygens (including phenoxy) is 2. The van der Waals surface area contributed by atoms with Gasteiger partial charge in [0.05, 0.1) is 24.0 Å². The summed E-state index contributed by atoms with van der Waals surface area (Å²) in [5.41, 5.74) is -2.33. The highest BCUT2D eigenvalue weighted by molar-refractivity contribution is 5.87. The van der Waals surface area contributed by atoms with Gasteiger partial charge in [0.1, 0.15) is 6.10 Å². The normalized spacial score (nSPS) is 21.0. The molecular formula is C34H34F3N3O7. The zero-order valence-electron chi connectivity index (χ0n) is 25.5. The quantitative estimate of drug-likeness (QED) is 0.148. The molecule has 47 heavy (non-hydrogen) atoms. The number of halogens is 3. The lowest BCUT2D eigenvalue weighted by atomic mass is 9.89.